The number of alkyl halides is 3. The van der Waals surface area contributed by atoms with Crippen molar-refractivity contribution in [2.24, 2.45) is 0 Å². The third-order valence-electron chi connectivity index (χ3n) is 5.84. The molecule has 0 N–H and O–H groups in total. The standard InChI is InChI=1S/C22H31F3N4O5/c1-21(2,3)34-20(30)28-12-10-27(11-13-28)16-6-8-26(9-7-16)17-4-5-18(29(31)32)19(14-17)33-15-22(23,24)25/h4-5,14,16H,6-13,15H2,1-3H3. The number of carbonyl (C=O) groups is 1. The monoisotopic (exact) mass is 488 g/mol. The van der Waals surface area contributed by atoms with E-state index in [4.69, 9.17) is 9.47 Å². The van der Waals surface area contributed by atoms with Crippen LogP contribution in [0.1, 0.15) is 33.6 Å². The number of carbonyl (C=O) groups excluding carboxylic acids is 1. The highest BCUT2D eigenvalue weighted by atomic mass is 19.4. The Morgan fingerprint density at radius 1 is 1.09 bits per heavy atom. The van der Waals surface area contributed by atoms with Gasteiger partial charge in [-0.2, -0.15) is 13.2 Å². The van der Waals surface area contributed by atoms with Gasteiger partial charge in [-0.3, -0.25) is 15.0 Å². The van der Waals surface area contributed by atoms with Gasteiger partial charge in [0.05, 0.1) is 4.92 Å². The highest BCUT2D eigenvalue weighted by molar-refractivity contribution is 5.68. The molecule has 0 aromatic heterocycles. The lowest BCUT2D eigenvalue weighted by Crippen LogP contribution is -2.55. The van der Waals surface area contributed by atoms with Crippen LogP contribution < -0.4 is 9.64 Å². The van der Waals surface area contributed by atoms with Crippen LogP contribution in [0.3, 0.4) is 0 Å². The van der Waals surface area contributed by atoms with Gasteiger partial charge in [-0.15, -0.1) is 0 Å². The van der Waals surface area contributed by atoms with Gasteiger partial charge in [0.2, 0.25) is 0 Å². The van der Waals surface area contributed by atoms with Gasteiger partial charge in [0.1, 0.15) is 5.60 Å². The Morgan fingerprint density at radius 3 is 2.24 bits per heavy atom. The van der Waals surface area contributed by atoms with Crippen molar-refractivity contribution in [1.29, 1.82) is 0 Å². The van der Waals surface area contributed by atoms with Crippen LogP contribution in [-0.2, 0) is 4.74 Å². The number of benzene rings is 1. The molecule has 1 aromatic rings. The van der Waals surface area contributed by atoms with Gasteiger partial charge in [-0.05, 0) is 39.7 Å². The summed E-state index contributed by atoms with van der Waals surface area (Å²) in [7, 11) is 0. The molecule has 1 amide bonds. The maximum Gasteiger partial charge on any atom is 0.422 e. The van der Waals surface area contributed by atoms with Crippen LogP contribution in [0.15, 0.2) is 18.2 Å². The number of nitro benzene ring substituents is 1. The molecule has 0 spiro atoms. The molecule has 2 aliphatic heterocycles. The van der Waals surface area contributed by atoms with Crippen molar-refractivity contribution < 1.29 is 32.4 Å². The second-order valence-corrected chi connectivity index (χ2v) is 9.53. The van der Waals surface area contributed by atoms with Crippen molar-refractivity contribution in [1.82, 2.24) is 9.80 Å². The second-order valence-electron chi connectivity index (χ2n) is 9.53. The third kappa shape index (κ3) is 7.12. The lowest BCUT2D eigenvalue weighted by molar-refractivity contribution is -0.386. The number of anilines is 1. The van der Waals surface area contributed by atoms with Gasteiger partial charge in [0.15, 0.2) is 12.4 Å². The molecule has 0 saturated carbocycles. The molecule has 2 saturated heterocycles. The summed E-state index contributed by atoms with van der Waals surface area (Å²) in [6.07, 6.45) is -3.22. The first-order valence-electron chi connectivity index (χ1n) is 11.3. The van der Waals surface area contributed by atoms with E-state index in [9.17, 15) is 28.1 Å². The number of piperazine rings is 1. The Bertz CT molecular complexity index is 874. The maximum atomic E-state index is 12.6. The quantitative estimate of drug-likeness (QED) is 0.456. The number of hydrogen-bond acceptors (Lipinski definition) is 7. The number of ether oxygens (including phenoxy) is 2. The van der Waals surface area contributed by atoms with Crippen LogP contribution in [0.4, 0.5) is 29.3 Å². The SMILES string of the molecule is CC(C)(C)OC(=O)N1CCN(C2CCN(c3ccc([N+](=O)[O-])c(OCC(F)(F)F)c3)CC2)CC1. The molecule has 34 heavy (non-hydrogen) atoms. The summed E-state index contributed by atoms with van der Waals surface area (Å²) in [4.78, 5) is 28.8. The van der Waals surface area contributed by atoms with Gasteiger partial charge in [0.25, 0.3) is 0 Å². The fourth-order valence-corrected chi connectivity index (χ4v) is 4.21. The van der Waals surface area contributed by atoms with Crippen LogP contribution in [0.2, 0.25) is 0 Å². The minimum Gasteiger partial charge on any atom is -0.477 e. The second kappa shape index (κ2) is 10.2. The van der Waals surface area contributed by atoms with E-state index in [1.807, 2.05) is 25.7 Å². The number of halogens is 3. The van der Waals surface area contributed by atoms with Crippen LogP contribution in [0.25, 0.3) is 0 Å². The topological polar surface area (TPSA) is 88.4 Å². The van der Waals surface area contributed by atoms with E-state index in [1.54, 1.807) is 11.0 Å². The summed E-state index contributed by atoms with van der Waals surface area (Å²) < 4.78 is 47.8. The lowest BCUT2D eigenvalue weighted by atomic mass is 10.0. The molecule has 0 unspecified atom stereocenters. The zero-order chi connectivity index (χ0) is 25.1. The molecule has 2 fully saturated rings. The predicted molar refractivity (Wildman–Crippen MR) is 119 cm³/mol. The molecule has 0 aliphatic carbocycles. The average molecular weight is 489 g/mol. The van der Waals surface area contributed by atoms with Gasteiger partial charge in [0, 0.05) is 63.1 Å². The molecule has 2 aliphatic rings. The molecule has 0 atom stereocenters. The van der Waals surface area contributed by atoms with Gasteiger partial charge < -0.3 is 19.3 Å². The van der Waals surface area contributed by atoms with Crippen LogP contribution in [0.5, 0.6) is 5.75 Å². The van der Waals surface area contributed by atoms with E-state index in [-0.39, 0.29) is 11.8 Å². The molecule has 2 heterocycles. The minimum atomic E-state index is -4.59. The fourth-order valence-electron chi connectivity index (χ4n) is 4.21. The number of amides is 1. The summed E-state index contributed by atoms with van der Waals surface area (Å²) in [5.41, 5.74) is -0.432. The minimum absolute atomic E-state index is 0.302. The highest BCUT2D eigenvalue weighted by Gasteiger charge is 2.32. The lowest BCUT2D eigenvalue weighted by Gasteiger charge is -2.43. The van der Waals surface area contributed by atoms with Crippen molar-refractivity contribution in [3.05, 3.63) is 28.3 Å². The summed E-state index contributed by atoms with van der Waals surface area (Å²) in [5.74, 6) is -0.389. The molecular formula is C22H31F3N4O5. The number of piperidine rings is 1. The van der Waals surface area contributed by atoms with Gasteiger partial charge >= 0.3 is 18.0 Å². The molecule has 3 rings (SSSR count). The summed E-state index contributed by atoms with van der Waals surface area (Å²) in [6, 6.07) is 4.36. The molecule has 0 radical (unpaired) electrons. The normalized spacial score (nSPS) is 18.6. The molecule has 12 heteroatoms. The third-order valence-corrected chi connectivity index (χ3v) is 5.84. The predicted octanol–water partition coefficient (Wildman–Crippen LogP) is 4.06. The van der Waals surface area contributed by atoms with E-state index >= 15 is 0 Å². The average Bonchev–Trinajstić information content (AvgIpc) is 2.76. The number of rotatable bonds is 5. The van der Waals surface area contributed by atoms with Crippen LogP contribution in [-0.4, -0.2) is 84.5 Å². The first-order valence-corrected chi connectivity index (χ1v) is 11.3. The summed E-state index contributed by atoms with van der Waals surface area (Å²) in [6.45, 7) is 7.93. The Hall–Kier alpha value is -2.76. The van der Waals surface area contributed by atoms with Crippen molar-refractivity contribution in [3.63, 3.8) is 0 Å². The van der Waals surface area contributed by atoms with Gasteiger partial charge in [-0.25, -0.2) is 4.79 Å². The molecule has 0 bridgehead atoms. The molecule has 9 nitrogen and oxygen atoms in total. The Kier molecular flexibility index (Phi) is 7.79. The first-order chi connectivity index (χ1) is 15.8. The maximum absolute atomic E-state index is 12.6. The number of hydrogen-bond donors (Lipinski definition) is 0. The van der Waals surface area contributed by atoms with Crippen molar-refractivity contribution >= 4 is 17.5 Å². The Morgan fingerprint density at radius 2 is 1.71 bits per heavy atom. The van der Waals surface area contributed by atoms with Crippen molar-refractivity contribution in [3.8, 4) is 5.75 Å². The Balaban J connectivity index is 1.55. The zero-order valence-electron chi connectivity index (χ0n) is 19.6. The molecular weight excluding hydrogens is 457 g/mol. The van der Waals surface area contributed by atoms with E-state index in [0.29, 0.717) is 37.9 Å². The van der Waals surface area contributed by atoms with E-state index in [1.165, 1.54) is 12.1 Å². The highest BCUT2D eigenvalue weighted by Crippen LogP contribution is 2.34. The Labute approximate surface area is 196 Å². The summed E-state index contributed by atoms with van der Waals surface area (Å²) in [5, 5.41) is 11.2. The molecule has 1 aromatic carbocycles. The smallest absolute Gasteiger partial charge is 0.422 e. The van der Waals surface area contributed by atoms with Crippen molar-refractivity contribution in [2.45, 2.75) is 51.4 Å². The molecule has 190 valence electrons. The largest absolute Gasteiger partial charge is 0.477 e. The van der Waals surface area contributed by atoms with E-state index in [0.717, 1.165) is 25.9 Å². The first kappa shape index (κ1) is 25.9. The summed E-state index contributed by atoms with van der Waals surface area (Å²) >= 11 is 0. The van der Waals surface area contributed by atoms with Gasteiger partial charge in [-0.1, -0.05) is 0 Å². The van der Waals surface area contributed by atoms with Crippen LogP contribution >= 0.6 is 0 Å². The van der Waals surface area contributed by atoms with Crippen molar-refractivity contribution in [2.75, 3.05) is 50.8 Å². The van der Waals surface area contributed by atoms with E-state index in [2.05, 4.69) is 4.90 Å². The zero-order valence-corrected chi connectivity index (χ0v) is 19.6. The fraction of sp³-hybridized carbons (Fsp3) is 0.682. The number of nitrogens with zero attached hydrogens (tertiary/aromatic N) is 4. The van der Waals surface area contributed by atoms with E-state index < -0.39 is 29.0 Å². The van der Waals surface area contributed by atoms with Crippen LogP contribution in [0, 0.1) is 10.1 Å². The number of nitro groups is 1.